The van der Waals surface area contributed by atoms with Crippen LogP contribution in [0.5, 0.6) is 0 Å². The maximum Gasteiger partial charge on any atom is 0.490 e. The summed E-state index contributed by atoms with van der Waals surface area (Å²) in [5.41, 5.74) is -2.26. The van der Waals surface area contributed by atoms with Crippen LogP contribution in [0.2, 0.25) is 0 Å². The third kappa shape index (κ3) is 6.51. The Morgan fingerprint density at radius 1 is 1.26 bits per heavy atom. The fourth-order valence-corrected chi connectivity index (χ4v) is 5.93. The molecule has 1 fully saturated rings. The van der Waals surface area contributed by atoms with Crippen LogP contribution in [0.25, 0.3) is 0 Å². The first-order valence-corrected chi connectivity index (χ1v) is 12.7. The highest BCUT2D eigenvalue weighted by Gasteiger charge is 2.56. The van der Waals surface area contributed by atoms with Gasteiger partial charge in [0, 0.05) is 18.2 Å². The number of aliphatic hydroxyl groups excluding tert-OH is 1. The number of aliphatic hydroxyl groups is 1. The normalized spacial score (nSPS) is 33.1. The molecule has 15 nitrogen and oxygen atoms in total. The molecule has 2 rings (SSSR count). The first kappa shape index (κ1) is 26.3. The summed E-state index contributed by atoms with van der Waals surface area (Å²) in [6.07, 6.45) is -0.391. The topological polar surface area (TPSA) is 222 Å². The second-order valence-corrected chi connectivity index (χ2v) is 11.0. The predicted molar refractivity (Wildman–Crippen MR) is 96.8 cm³/mol. The van der Waals surface area contributed by atoms with Gasteiger partial charge in [0.15, 0.2) is 0 Å². The van der Waals surface area contributed by atoms with E-state index >= 15 is 0 Å². The number of hydrogen-bond donors (Lipinski definition) is 6. The second-order valence-electron chi connectivity index (χ2n) is 6.53. The Bertz CT molecular complexity index is 908. The van der Waals surface area contributed by atoms with Gasteiger partial charge in [0.05, 0.1) is 12.7 Å². The lowest BCUT2D eigenvalue weighted by molar-refractivity contribution is -0.142. The maximum atomic E-state index is 13.9. The van der Waals surface area contributed by atoms with Gasteiger partial charge < -0.3 is 39.6 Å². The molecule has 0 saturated carbocycles. The van der Waals surface area contributed by atoms with Crippen LogP contribution in [0, 0.1) is 5.92 Å². The van der Waals surface area contributed by atoms with Crippen LogP contribution in [-0.4, -0.2) is 66.7 Å². The number of amides is 1. The van der Waals surface area contributed by atoms with Gasteiger partial charge in [-0.25, -0.2) is 18.1 Å². The molecule has 6 atom stereocenters. The number of nitrogens with zero attached hydrogens (tertiary/aromatic N) is 1. The average molecular weight is 512 g/mol. The third-order valence-corrected chi connectivity index (χ3v) is 7.98. The Morgan fingerprint density at radius 2 is 1.87 bits per heavy atom. The van der Waals surface area contributed by atoms with Crippen LogP contribution in [0.3, 0.4) is 0 Å². The molecule has 0 radical (unpaired) electrons. The summed E-state index contributed by atoms with van der Waals surface area (Å²) in [7, 11) is -16.9. The number of ether oxygens (including phenoxy) is 1. The van der Waals surface area contributed by atoms with E-state index in [0.717, 1.165) is 6.08 Å². The highest BCUT2D eigenvalue weighted by molar-refractivity contribution is 7.66. The van der Waals surface area contributed by atoms with E-state index in [1.54, 1.807) is 0 Å². The summed E-state index contributed by atoms with van der Waals surface area (Å²) in [6, 6.07) is 0. The van der Waals surface area contributed by atoms with Crippen molar-refractivity contribution in [3.05, 3.63) is 24.7 Å². The zero-order valence-electron chi connectivity index (χ0n) is 15.7. The monoisotopic (exact) mass is 512 g/mol. The Morgan fingerprint density at radius 3 is 2.39 bits per heavy atom. The van der Waals surface area contributed by atoms with Gasteiger partial charge >= 0.3 is 23.5 Å². The molecule has 1 amide bonds. The van der Waals surface area contributed by atoms with Crippen LogP contribution in [-0.2, 0) is 36.4 Å². The van der Waals surface area contributed by atoms with Gasteiger partial charge in [-0.3, -0.25) is 9.32 Å². The van der Waals surface area contributed by atoms with Crippen LogP contribution >= 0.6 is 23.5 Å². The van der Waals surface area contributed by atoms with Gasteiger partial charge in [0.2, 0.25) is 0 Å². The SMILES string of the molecule is C=C1NC(=O)C=CN1[C@@H]1O[C@](CF)(COP(=O)(O)OP(=O)(O)OP(=O)(O)O)[C@@H](O)[C@@H]1C. The van der Waals surface area contributed by atoms with E-state index in [2.05, 4.69) is 25.0 Å². The molecule has 6 N–H and O–H groups in total. The fourth-order valence-electron chi connectivity index (χ4n) is 2.85. The maximum absolute atomic E-state index is 13.9. The van der Waals surface area contributed by atoms with Crippen LogP contribution < -0.4 is 5.32 Å². The molecule has 178 valence electrons. The number of halogens is 1. The van der Waals surface area contributed by atoms with E-state index in [0.29, 0.717) is 0 Å². The minimum atomic E-state index is -5.77. The largest absolute Gasteiger partial charge is 0.490 e. The summed E-state index contributed by atoms with van der Waals surface area (Å²) < 4.78 is 64.8. The number of carbonyl (C=O) groups excluding carboxylic acids is 1. The highest BCUT2D eigenvalue weighted by atomic mass is 31.3. The number of nitrogens with one attached hydrogen (secondary N) is 1. The van der Waals surface area contributed by atoms with E-state index in [1.807, 2.05) is 0 Å². The highest BCUT2D eigenvalue weighted by Crippen LogP contribution is 2.66. The van der Waals surface area contributed by atoms with E-state index in [1.165, 1.54) is 18.0 Å². The number of phosphoric acid groups is 3. The van der Waals surface area contributed by atoms with Crippen molar-refractivity contribution in [2.45, 2.75) is 24.9 Å². The molecule has 0 spiro atoms. The standard InChI is InChI=1S/C12H20FN2O13P3/c1-7-10(17)12(5-13,26-11(7)15-4-3-9(16)14-8(15)2)6-25-30(21,22)28-31(23,24)27-29(18,19)20/h3-4,7,10-11,17H,2,5-6H2,1H3,(H,14,16)(H,21,22)(H,23,24)(H2,18,19,20)/t7-,10-,11+,12+/m0/s1. The second kappa shape index (κ2) is 9.10. The van der Waals surface area contributed by atoms with Crippen molar-refractivity contribution in [3.8, 4) is 0 Å². The number of rotatable bonds is 9. The van der Waals surface area contributed by atoms with Gasteiger partial charge in [0.25, 0.3) is 5.91 Å². The molecular formula is C12H20FN2O13P3. The molecule has 2 aliphatic heterocycles. The van der Waals surface area contributed by atoms with Crippen LogP contribution in [0.1, 0.15) is 6.92 Å². The van der Waals surface area contributed by atoms with Crippen molar-refractivity contribution in [3.63, 3.8) is 0 Å². The number of alkyl halides is 1. The van der Waals surface area contributed by atoms with Crippen molar-refractivity contribution in [1.82, 2.24) is 10.2 Å². The zero-order valence-corrected chi connectivity index (χ0v) is 18.4. The lowest BCUT2D eigenvalue weighted by atomic mass is 9.92. The minimum absolute atomic E-state index is 0.0408. The zero-order chi connectivity index (χ0) is 23.8. The molecule has 2 heterocycles. The quantitative estimate of drug-likeness (QED) is 0.221. The van der Waals surface area contributed by atoms with Crippen molar-refractivity contribution in [1.29, 1.82) is 0 Å². The van der Waals surface area contributed by atoms with E-state index < -0.39 is 66.5 Å². The Labute approximate surface area is 174 Å². The summed E-state index contributed by atoms with van der Waals surface area (Å²) in [4.78, 5) is 48.3. The van der Waals surface area contributed by atoms with Crippen molar-refractivity contribution < 1.29 is 65.4 Å². The van der Waals surface area contributed by atoms with Gasteiger partial charge in [0.1, 0.15) is 24.3 Å². The summed E-state index contributed by atoms with van der Waals surface area (Å²) in [5, 5.41) is 12.8. The summed E-state index contributed by atoms with van der Waals surface area (Å²) in [5.74, 6) is -1.31. The molecule has 0 aromatic rings. The molecule has 2 unspecified atom stereocenters. The molecule has 0 bridgehead atoms. The number of carbonyl (C=O) groups is 1. The smallest absolute Gasteiger partial charge is 0.389 e. The summed E-state index contributed by atoms with van der Waals surface area (Å²) >= 11 is 0. The average Bonchev–Trinajstić information content (AvgIpc) is 2.82. The van der Waals surface area contributed by atoms with E-state index in [-0.39, 0.29) is 5.82 Å². The lowest BCUT2D eigenvalue weighted by Gasteiger charge is -2.34. The van der Waals surface area contributed by atoms with E-state index in [9.17, 15) is 32.9 Å². The molecule has 19 heteroatoms. The summed E-state index contributed by atoms with van der Waals surface area (Å²) in [6.45, 7) is 2.39. The lowest BCUT2D eigenvalue weighted by Crippen LogP contribution is -2.47. The molecule has 0 aromatic heterocycles. The predicted octanol–water partition coefficient (Wildman–Crippen LogP) is -0.192. The molecule has 1 saturated heterocycles. The first-order chi connectivity index (χ1) is 14.0. The number of phosphoric ester groups is 1. The van der Waals surface area contributed by atoms with Crippen molar-refractivity contribution >= 4 is 29.4 Å². The first-order valence-electron chi connectivity index (χ1n) is 8.17. The van der Waals surface area contributed by atoms with Gasteiger partial charge in [-0.2, -0.15) is 8.62 Å². The van der Waals surface area contributed by atoms with E-state index in [4.69, 9.17) is 19.4 Å². The molecular weight excluding hydrogens is 492 g/mol. The van der Waals surface area contributed by atoms with Crippen LogP contribution in [0.15, 0.2) is 24.7 Å². The third-order valence-electron chi connectivity index (χ3n) is 4.20. The van der Waals surface area contributed by atoms with Gasteiger partial charge in [-0.1, -0.05) is 13.5 Å². The molecule has 0 aliphatic carbocycles. The Balaban J connectivity index is 2.15. The Kier molecular flexibility index (Phi) is 7.71. The van der Waals surface area contributed by atoms with Crippen molar-refractivity contribution in [2.24, 2.45) is 5.92 Å². The van der Waals surface area contributed by atoms with Crippen LogP contribution in [0.4, 0.5) is 4.39 Å². The van der Waals surface area contributed by atoms with Crippen molar-refractivity contribution in [2.75, 3.05) is 13.3 Å². The Hall–Kier alpha value is -0.990. The minimum Gasteiger partial charge on any atom is -0.389 e. The van der Waals surface area contributed by atoms with Gasteiger partial charge in [-0.15, -0.1) is 0 Å². The van der Waals surface area contributed by atoms with Gasteiger partial charge in [-0.05, 0) is 0 Å². The molecule has 2 aliphatic rings. The fraction of sp³-hybridized carbons (Fsp3) is 0.583. The molecule has 31 heavy (non-hydrogen) atoms. The molecule has 0 aromatic carbocycles. The number of hydrogen-bond acceptors (Lipinski definition) is 10.